The second-order valence-electron chi connectivity index (χ2n) is 6.10. The summed E-state index contributed by atoms with van der Waals surface area (Å²) in [5.41, 5.74) is 6.70. The number of rotatable bonds is 4. The first-order valence-electron chi connectivity index (χ1n) is 7.63. The molecule has 24 heavy (non-hydrogen) atoms. The first kappa shape index (κ1) is 16.2. The third-order valence-corrected chi connectivity index (χ3v) is 4.40. The highest BCUT2D eigenvalue weighted by atomic mass is 19.1. The molecule has 1 aliphatic carbocycles. The SMILES string of the molecule is COc1ccccc1C1(C)CC1N=C(N)Nc1cc(F)ccc1F. The molecule has 2 aromatic rings. The largest absolute Gasteiger partial charge is 0.496 e. The van der Waals surface area contributed by atoms with Crippen molar-refractivity contribution in [2.24, 2.45) is 10.7 Å². The molecule has 0 amide bonds. The van der Waals surface area contributed by atoms with Crippen LogP contribution in [0.2, 0.25) is 0 Å². The molecule has 3 N–H and O–H groups in total. The summed E-state index contributed by atoms with van der Waals surface area (Å²) >= 11 is 0. The molecule has 3 rings (SSSR count). The smallest absolute Gasteiger partial charge is 0.193 e. The van der Waals surface area contributed by atoms with E-state index in [9.17, 15) is 8.78 Å². The van der Waals surface area contributed by atoms with E-state index in [1.807, 2.05) is 24.3 Å². The number of para-hydroxylation sites is 1. The van der Waals surface area contributed by atoms with Crippen molar-refractivity contribution >= 4 is 11.6 Å². The van der Waals surface area contributed by atoms with Crippen molar-refractivity contribution in [2.45, 2.75) is 24.8 Å². The Bertz CT molecular complexity index is 794. The Morgan fingerprint density at radius 1 is 1.29 bits per heavy atom. The standard InChI is InChI=1S/C18H19F2N3O/c1-18(12-5-3-4-6-15(12)24-2)10-16(18)23-17(21)22-14-9-11(19)7-8-13(14)20/h3-9,16H,10H2,1-2H3,(H3,21,22,23). The van der Waals surface area contributed by atoms with Gasteiger partial charge in [0.05, 0.1) is 18.8 Å². The molecule has 4 nitrogen and oxygen atoms in total. The minimum Gasteiger partial charge on any atom is -0.496 e. The number of ether oxygens (including phenoxy) is 1. The molecular weight excluding hydrogens is 312 g/mol. The van der Waals surface area contributed by atoms with Crippen molar-refractivity contribution in [2.75, 3.05) is 12.4 Å². The molecule has 1 aliphatic rings. The van der Waals surface area contributed by atoms with Crippen molar-refractivity contribution < 1.29 is 13.5 Å². The second-order valence-corrected chi connectivity index (χ2v) is 6.10. The molecule has 0 aromatic heterocycles. The Balaban J connectivity index is 1.77. The van der Waals surface area contributed by atoms with Gasteiger partial charge in [-0.1, -0.05) is 25.1 Å². The lowest BCUT2D eigenvalue weighted by molar-refractivity contribution is 0.405. The lowest BCUT2D eigenvalue weighted by Gasteiger charge is -2.15. The van der Waals surface area contributed by atoms with E-state index >= 15 is 0 Å². The number of methoxy groups -OCH3 is 1. The van der Waals surface area contributed by atoms with E-state index in [0.29, 0.717) is 0 Å². The van der Waals surface area contributed by atoms with Crippen molar-refractivity contribution in [1.29, 1.82) is 0 Å². The Hall–Kier alpha value is -2.63. The van der Waals surface area contributed by atoms with Crippen LogP contribution in [0, 0.1) is 11.6 Å². The summed E-state index contributed by atoms with van der Waals surface area (Å²) in [5, 5.41) is 2.62. The minimum atomic E-state index is -0.585. The lowest BCUT2D eigenvalue weighted by atomic mass is 9.96. The van der Waals surface area contributed by atoms with E-state index in [0.717, 1.165) is 35.9 Å². The van der Waals surface area contributed by atoms with E-state index < -0.39 is 11.6 Å². The summed E-state index contributed by atoms with van der Waals surface area (Å²) in [6.45, 7) is 2.08. The van der Waals surface area contributed by atoms with Crippen LogP contribution in [0.3, 0.4) is 0 Å². The number of nitrogens with two attached hydrogens (primary N) is 1. The fourth-order valence-electron chi connectivity index (χ4n) is 2.87. The summed E-state index contributed by atoms with van der Waals surface area (Å²) < 4.78 is 32.2. The number of anilines is 1. The molecule has 0 heterocycles. The first-order chi connectivity index (χ1) is 11.4. The molecule has 0 saturated heterocycles. The molecule has 0 aliphatic heterocycles. The number of benzene rings is 2. The maximum atomic E-state index is 13.6. The Kier molecular flexibility index (Phi) is 4.13. The second kappa shape index (κ2) is 6.11. The third-order valence-electron chi connectivity index (χ3n) is 4.40. The summed E-state index contributed by atoms with van der Waals surface area (Å²) in [4.78, 5) is 4.40. The van der Waals surface area contributed by atoms with Gasteiger partial charge in [-0.15, -0.1) is 0 Å². The molecule has 2 atom stereocenters. The first-order valence-corrected chi connectivity index (χ1v) is 7.63. The zero-order valence-corrected chi connectivity index (χ0v) is 13.5. The zero-order valence-electron chi connectivity index (χ0n) is 13.5. The van der Waals surface area contributed by atoms with E-state index in [-0.39, 0.29) is 23.1 Å². The Morgan fingerprint density at radius 3 is 2.79 bits per heavy atom. The molecular formula is C18H19F2N3O. The van der Waals surface area contributed by atoms with Gasteiger partial charge in [0.15, 0.2) is 5.96 Å². The topological polar surface area (TPSA) is 59.6 Å². The van der Waals surface area contributed by atoms with Crippen molar-refractivity contribution in [3.63, 3.8) is 0 Å². The van der Waals surface area contributed by atoms with Crippen LogP contribution in [0.15, 0.2) is 47.5 Å². The fourth-order valence-corrected chi connectivity index (χ4v) is 2.87. The van der Waals surface area contributed by atoms with E-state index in [1.165, 1.54) is 0 Å². The van der Waals surface area contributed by atoms with Crippen LogP contribution in [-0.4, -0.2) is 19.1 Å². The number of hydrogen-bond acceptors (Lipinski definition) is 2. The molecule has 0 radical (unpaired) electrons. The predicted octanol–water partition coefficient (Wildman–Crippen LogP) is 3.43. The van der Waals surface area contributed by atoms with Crippen molar-refractivity contribution in [3.05, 3.63) is 59.7 Å². The van der Waals surface area contributed by atoms with Crippen LogP contribution in [0.5, 0.6) is 5.75 Å². The average Bonchev–Trinajstić information content (AvgIpc) is 3.21. The number of nitrogens with one attached hydrogen (secondary N) is 1. The van der Waals surface area contributed by atoms with Gasteiger partial charge in [0.2, 0.25) is 0 Å². The molecule has 2 unspecified atom stereocenters. The van der Waals surface area contributed by atoms with Gasteiger partial charge in [0.25, 0.3) is 0 Å². The average molecular weight is 331 g/mol. The lowest BCUT2D eigenvalue weighted by Crippen LogP contribution is -2.24. The minimum absolute atomic E-state index is 0.0316. The van der Waals surface area contributed by atoms with Gasteiger partial charge in [0, 0.05) is 17.0 Å². The molecule has 6 heteroatoms. The normalized spacial score (nSPS) is 23.0. The molecule has 0 bridgehead atoms. The summed E-state index contributed by atoms with van der Waals surface area (Å²) in [7, 11) is 1.63. The van der Waals surface area contributed by atoms with Crippen LogP contribution < -0.4 is 15.8 Å². The van der Waals surface area contributed by atoms with Gasteiger partial charge >= 0.3 is 0 Å². The third kappa shape index (κ3) is 3.04. The number of aliphatic imine (C=N–C) groups is 1. The highest BCUT2D eigenvalue weighted by Gasteiger charge is 2.53. The van der Waals surface area contributed by atoms with Crippen LogP contribution >= 0.6 is 0 Å². The number of guanidine groups is 1. The Labute approximate surface area is 139 Å². The summed E-state index contributed by atoms with van der Waals surface area (Å²) in [6.07, 6.45) is 0.807. The summed E-state index contributed by atoms with van der Waals surface area (Å²) in [5.74, 6) is -0.265. The maximum Gasteiger partial charge on any atom is 0.193 e. The van der Waals surface area contributed by atoms with E-state index in [4.69, 9.17) is 10.5 Å². The highest BCUT2D eigenvalue weighted by molar-refractivity contribution is 5.92. The van der Waals surface area contributed by atoms with Crippen LogP contribution in [-0.2, 0) is 5.41 Å². The molecule has 126 valence electrons. The predicted molar refractivity (Wildman–Crippen MR) is 90.4 cm³/mol. The number of hydrogen-bond donors (Lipinski definition) is 2. The number of nitrogens with zero attached hydrogens (tertiary/aromatic N) is 1. The maximum absolute atomic E-state index is 13.6. The zero-order chi connectivity index (χ0) is 17.3. The fraction of sp³-hybridized carbons (Fsp3) is 0.278. The van der Waals surface area contributed by atoms with Gasteiger partial charge in [-0.2, -0.15) is 0 Å². The van der Waals surface area contributed by atoms with Crippen LogP contribution in [0.25, 0.3) is 0 Å². The molecule has 0 spiro atoms. The number of halogens is 2. The van der Waals surface area contributed by atoms with E-state index in [2.05, 4.69) is 17.2 Å². The summed E-state index contributed by atoms with van der Waals surface area (Å²) in [6, 6.07) is 10.9. The Morgan fingerprint density at radius 2 is 2.04 bits per heavy atom. The highest BCUT2D eigenvalue weighted by Crippen LogP contribution is 2.53. The van der Waals surface area contributed by atoms with E-state index in [1.54, 1.807) is 7.11 Å². The van der Waals surface area contributed by atoms with Gasteiger partial charge < -0.3 is 15.8 Å². The van der Waals surface area contributed by atoms with Crippen molar-refractivity contribution in [3.8, 4) is 5.75 Å². The molecule has 2 aromatic carbocycles. The molecule has 1 fully saturated rings. The van der Waals surface area contributed by atoms with Gasteiger partial charge in [0.1, 0.15) is 17.4 Å². The van der Waals surface area contributed by atoms with Gasteiger partial charge in [-0.3, -0.25) is 0 Å². The van der Waals surface area contributed by atoms with Crippen molar-refractivity contribution in [1.82, 2.24) is 0 Å². The van der Waals surface area contributed by atoms with Gasteiger partial charge in [-0.25, -0.2) is 13.8 Å². The van der Waals surface area contributed by atoms with Gasteiger partial charge in [-0.05, 0) is 24.6 Å². The molecule has 1 saturated carbocycles. The van der Waals surface area contributed by atoms with Crippen LogP contribution in [0.4, 0.5) is 14.5 Å². The van der Waals surface area contributed by atoms with Crippen LogP contribution in [0.1, 0.15) is 18.9 Å². The monoisotopic (exact) mass is 331 g/mol. The quantitative estimate of drug-likeness (QED) is 0.666.